The number of aromatic nitrogens is 3. The number of hydrogen-bond donors (Lipinski definition) is 1. The number of nitrogens with one attached hydrogen (secondary N) is 1. The van der Waals surface area contributed by atoms with Gasteiger partial charge in [0.1, 0.15) is 11.6 Å². The van der Waals surface area contributed by atoms with Crippen LogP contribution in [0, 0.1) is 6.92 Å². The largest absolute Gasteiger partial charge is 0.381 e. The second kappa shape index (κ2) is 6.65. The van der Waals surface area contributed by atoms with Gasteiger partial charge < -0.3 is 14.6 Å². The van der Waals surface area contributed by atoms with Crippen LogP contribution in [0.4, 0.5) is 0 Å². The maximum Gasteiger partial charge on any atom is 0.273 e. The lowest BCUT2D eigenvalue weighted by Crippen LogP contribution is -2.24. The molecule has 1 saturated heterocycles. The van der Waals surface area contributed by atoms with E-state index >= 15 is 0 Å². The van der Waals surface area contributed by atoms with Crippen LogP contribution in [-0.2, 0) is 11.3 Å². The fraction of sp³-hybridized carbons (Fsp3) is 0.467. The molecule has 1 N–H and O–H groups in total. The molecular formula is C15H18N4O3. The standard InChI is InChI=1S/C15H18N4O3/c1-10-7-13(19-22-10)15(20)17-8-12-4-5-16-14(18-12)11-3-2-6-21-9-11/h4-5,7,11H,2-3,6,8-9H2,1H3,(H,17,20)/t11-/m0/s1. The predicted octanol–water partition coefficient (Wildman–Crippen LogP) is 1.60. The first-order valence-corrected chi connectivity index (χ1v) is 7.33. The van der Waals surface area contributed by atoms with Gasteiger partial charge >= 0.3 is 0 Å². The van der Waals surface area contributed by atoms with E-state index in [0.29, 0.717) is 18.9 Å². The number of ether oxygens (including phenoxy) is 1. The second-order valence-electron chi connectivity index (χ2n) is 5.33. The Morgan fingerprint density at radius 3 is 3.14 bits per heavy atom. The molecule has 0 saturated carbocycles. The van der Waals surface area contributed by atoms with Crippen molar-refractivity contribution < 1.29 is 14.1 Å². The zero-order chi connectivity index (χ0) is 15.4. The summed E-state index contributed by atoms with van der Waals surface area (Å²) in [6, 6.07) is 3.39. The van der Waals surface area contributed by atoms with Crippen LogP contribution in [0.2, 0.25) is 0 Å². The van der Waals surface area contributed by atoms with Crippen LogP contribution in [-0.4, -0.2) is 34.2 Å². The third-order valence-corrected chi connectivity index (χ3v) is 3.55. The SMILES string of the molecule is Cc1cc(C(=O)NCc2ccnc([C@H]3CCCOC3)n2)no1. The number of carbonyl (C=O) groups excluding carboxylic acids is 1. The van der Waals surface area contributed by atoms with Crippen molar-refractivity contribution in [3.8, 4) is 0 Å². The Bertz CT molecular complexity index is 650. The van der Waals surface area contributed by atoms with E-state index < -0.39 is 0 Å². The normalized spacial score (nSPS) is 18.1. The highest BCUT2D eigenvalue weighted by atomic mass is 16.5. The first kappa shape index (κ1) is 14.6. The summed E-state index contributed by atoms with van der Waals surface area (Å²) in [5, 5.41) is 6.46. The Morgan fingerprint density at radius 2 is 2.41 bits per heavy atom. The molecule has 1 aliphatic heterocycles. The average molecular weight is 302 g/mol. The molecule has 2 aromatic rings. The molecule has 2 aromatic heterocycles. The molecule has 0 aliphatic carbocycles. The van der Waals surface area contributed by atoms with Gasteiger partial charge in [0.15, 0.2) is 5.69 Å². The summed E-state index contributed by atoms with van der Waals surface area (Å²) in [6.07, 6.45) is 3.78. The Kier molecular flexibility index (Phi) is 4.43. The summed E-state index contributed by atoms with van der Waals surface area (Å²) in [5.41, 5.74) is 1.04. The molecule has 7 heteroatoms. The number of aryl methyl sites for hydroxylation is 1. The average Bonchev–Trinajstić information content (AvgIpc) is 3.00. The van der Waals surface area contributed by atoms with Crippen molar-refractivity contribution in [2.45, 2.75) is 32.2 Å². The lowest BCUT2D eigenvalue weighted by atomic mass is 10.0. The van der Waals surface area contributed by atoms with E-state index in [4.69, 9.17) is 9.26 Å². The Morgan fingerprint density at radius 1 is 1.50 bits per heavy atom. The van der Waals surface area contributed by atoms with Gasteiger partial charge in [-0.1, -0.05) is 5.16 Å². The molecule has 0 radical (unpaired) electrons. The molecule has 3 rings (SSSR count). The molecule has 7 nitrogen and oxygen atoms in total. The Labute approximate surface area is 128 Å². The minimum absolute atomic E-state index is 0.239. The Balaban J connectivity index is 1.61. The minimum atomic E-state index is -0.280. The van der Waals surface area contributed by atoms with Gasteiger partial charge in [-0.15, -0.1) is 0 Å². The van der Waals surface area contributed by atoms with Crippen molar-refractivity contribution in [2.75, 3.05) is 13.2 Å². The van der Waals surface area contributed by atoms with Crippen LogP contribution in [0.5, 0.6) is 0 Å². The predicted molar refractivity (Wildman–Crippen MR) is 77.2 cm³/mol. The fourth-order valence-corrected chi connectivity index (χ4v) is 2.39. The van der Waals surface area contributed by atoms with Crippen LogP contribution in [0.1, 0.15) is 46.5 Å². The molecule has 3 heterocycles. The van der Waals surface area contributed by atoms with Gasteiger partial charge in [-0.2, -0.15) is 0 Å². The molecule has 1 fully saturated rings. The van der Waals surface area contributed by atoms with E-state index in [0.717, 1.165) is 31.0 Å². The molecule has 0 unspecified atom stereocenters. The number of hydrogen-bond acceptors (Lipinski definition) is 6. The van der Waals surface area contributed by atoms with Crippen LogP contribution >= 0.6 is 0 Å². The molecule has 0 bridgehead atoms. The topological polar surface area (TPSA) is 90.1 Å². The number of rotatable bonds is 4. The Hall–Kier alpha value is -2.28. The second-order valence-corrected chi connectivity index (χ2v) is 5.33. The van der Waals surface area contributed by atoms with Crippen LogP contribution in [0.15, 0.2) is 22.9 Å². The lowest BCUT2D eigenvalue weighted by Gasteiger charge is -2.20. The quantitative estimate of drug-likeness (QED) is 0.922. The van der Waals surface area contributed by atoms with Crippen molar-refractivity contribution in [3.63, 3.8) is 0 Å². The van der Waals surface area contributed by atoms with Crippen LogP contribution < -0.4 is 5.32 Å². The zero-order valence-electron chi connectivity index (χ0n) is 12.4. The summed E-state index contributed by atoms with van der Waals surface area (Å²) in [7, 11) is 0. The summed E-state index contributed by atoms with van der Waals surface area (Å²) in [4.78, 5) is 20.8. The van der Waals surface area contributed by atoms with Gasteiger partial charge in [0.2, 0.25) is 0 Å². The van der Waals surface area contributed by atoms with Gasteiger partial charge in [0, 0.05) is 24.8 Å². The smallest absolute Gasteiger partial charge is 0.273 e. The number of nitrogens with zero attached hydrogens (tertiary/aromatic N) is 3. The minimum Gasteiger partial charge on any atom is -0.381 e. The maximum absolute atomic E-state index is 11.9. The zero-order valence-corrected chi connectivity index (χ0v) is 12.4. The third-order valence-electron chi connectivity index (χ3n) is 3.55. The van der Waals surface area contributed by atoms with Gasteiger partial charge in [0.05, 0.1) is 18.8 Å². The van der Waals surface area contributed by atoms with E-state index in [1.165, 1.54) is 0 Å². The first-order valence-electron chi connectivity index (χ1n) is 7.33. The van der Waals surface area contributed by atoms with Crippen molar-refractivity contribution in [3.05, 3.63) is 41.3 Å². The molecule has 0 spiro atoms. The van der Waals surface area contributed by atoms with E-state index in [1.54, 1.807) is 25.3 Å². The fourth-order valence-electron chi connectivity index (χ4n) is 2.39. The van der Waals surface area contributed by atoms with Gasteiger partial charge in [-0.25, -0.2) is 9.97 Å². The van der Waals surface area contributed by atoms with Gasteiger partial charge in [-0.3, -0.25) is 4.79 Å². The highest BCUT2D eigenvalue weighted by Crippen LogP contribution is 2.22. The summed E-state index contributed by atoms with van der Waals surface area (Å²) >= 11 is 0. The monoisotopic (exact) mass is 302 g/mol. The molecule has 116 valence electrons. The van der Waals surface area contributed by atoms with E-state index in [9.17, 15) is 4.79 Å². The lowest BCUT2D eigenvalue weighted by molar-refractivity contribution is 0.0779. The number of amides is 1. The maximum atomic E-state index is 11.9. The molecule has 22 heavy (non-hydrogen) atoms. The molecule has 1 aliphatic rings. The van der Waals surface area contributed by atoms with Gasteiger partial charge in [-0.05, 0) is 25.8 Å². The molecule has 0 aromatic carbocycles. The van der Waals surface area contributed by atoms with Crippen molar-refractivity contribution in [1.82, 2.24) is 20.4 Å². The first-order chi connectivity index (χ1) is 10.7. The van der Waals surface area contributed by atoms with Crippen molar-refractivity contribution in [1.29, 1.82) is 0 Å². The highest BCUT2D eigenvalue weighted by molar-refractivity contribution is 5.92. The van der Waals surface area contributed by atoms with E-state index in [-0.39, 0.29) is 17.5 Å². The molecular weight excluding hydrogens is 284 g/mol. The summed E-state index contributed by atoms with van der Waals surface area (Å²) < 4.78 is 10.4. The van der Waals surface area contributed by atoms with Crippen LogP contribution in [0.25, 0.3) is 0 Å². The van der Waals surface area contributed by atoms with E-state index in [2.05, 4.69) is 20.4 Å². The van der Waals surface area contributed by atoms with Gasteiger partial charge in [0.25, 0.3) is 5.91 Å². The third kappa shape index (κ3) is 3.48. The molecule has 1 amide bonds. The van der Waals surface area contributed by atoms with E-state index in [1.807, 2.05) is 0 Å². The highest BCUT2D eigenvalue weighted by Gasteiger charge is 2.19. The molecule has 1 atom stereocenters. The number of carbonyl (C=O) groups is 1. The summed E-state index contributed by atoms with van der Waals surface area (Å²) in [5.74, 6) is 1.34. The van der Waals surface area contributed by atoms with Crippen LogP contribution in [0.3, 0.4) is 0 Å². The van der Waals surface area contributed by atoms with Crippen molar-refractivity contribution >= 4 is 5.91 Å². The summed E-state index contributed by atoms with van der Waals surface area (Å²) in [6.45, 7) is 3.54. The van der Waals surface area contributed by atoms with Crippen molar-refractivity contribution in [2.24, 2.45) is 0 Å².